The Morgan fingerprint density at radius 3 is 2.53 bits per heavy atom. The molecule has 2 aromatic rings. The van der Waals surface area contributed by atoms with Crippen LogP contribution in [0.4, 0.5) is 0 Å². The van der Waals surface area contributed by atoms with Gasteiger partial charge in [0.15, 0.2) is 0 Å². The van der Waals surface area contributed by atoms with Crippen molar-refractivity contribution in [1.29, 1.82) is 0 Å². The highest BCUT2D eigenvalue weighted by Crippen LogP contribution is 2.23. The Bertz CT molecular complexity index is 558. The average molecular weight is 252 g/mol. The molecule has 0 aliphatic heterocycles. The first kappa shape index (κ1) is 13.1. The largest absolute Gasteiger partial charge is 0.426 e. The average Bonchev–Trinajstić information content (AvgIpc) is 2.46. The normalized spacial score (nSPS) is 9.89. The zero-order chi connectivity index (χ0) is 13.5. The molecular weight excluding hydrogens is 236 g/mol. The molecule has 0 bridgehead atoms. The highest BCUT2D eigenvalue weighted by atomic mass is 16.5. The van der Waals surface area contributed by atoms with Crippen molar-refractivity contribution in [3.63, 3.8) is 0 Å². The Morgan fingerprint density at radius 2 is 1.79 bits per heavy atom. The van der Waals surface area contributed by atoms with E-state index in [1.807, 2.05) is 48.5 Å². The first-order valence-electron chi connectivity index (χ1n) is 6.26. The molecule has 0 saturated heterocycles. The monoisotopic (exact) mass is 252 g/mol. The standard InChI is InChI=1S/C17H16O2/c1-2-3-12-17(18)19-16-11-7-10-15(13-16)14-8-5-4-6-9-14/h2,4-11,13H,1,3,12H2. The summed E-state index contributed by atoms with van der Waals surface area (Å²) in [5, 5.41) is 0. The van der Waals surface area contributed by atoms with Crippen molar-refractivity contribution in [3.05, 3.63) is 67.3 Å². The Hall–Kier alpha value is -2.35. The molecule has 2 aromatic carbocycles. The SMILES string of the molecule is C=CCCC(=O)Oc1cccc(-c2ccccc2)c1. The van der Waals surface area contributed by atoms with E-state index in [9.17, 15) is 4.79 Å². The van der Waals surface area contributed by atoms with E-state index in [0.717, 1.165) is 11.1 Å². The van der Waals surface area contributed by atoms with E-state index < -0.39 is 0 Å². The topological polar surface area (TPSA) is 26.3 Å². The summed E-state index contributed by atoms with van der Waals surface area (Å²) in [4.78, 5) is 11.5. The summed E-state index contributed by atoms with van der Waals surface area (Å²) < 4.78 is 5.29. The molecule has 0 amide bonds. The predicted molar refractivity (Wildman–Crippen MR) is 76.9 cm³/mol. The van der Waals surface area contributed by atoms with E-state index in [0.29, 0.717) is 18.6 Å². The molecule has 0 N–H and O–H groups in total. The van der Waals surface area contributed by atoms with Gasteiger partial charge in [0.05, 0.1) is 0 Å². The molecule has 19 heavy (non-hydrogen) atoms. The predicted octanol–water partition coefficient (Wildman–Crippen LogP) is 4.23. The molecule has 2 heteroatoms. The van der Waals surface area contributed by atoms with Crippen molar-refractivity contribution in [3.8, 4) is 16.9 Å². The van der Waals surface area contributed by atoms with Crippen LogP contribution in [-0.4, -0.2) is 5.97 Å². The Labute approximate surface area is 113 Å². The maximum atomic E-state index is 11.5. The van der Waals surface area contributed by atoms with Gasteiger partial charge in [0.2, 0.25) is 0 Å². The van der Waals surface area contributed by atoms with E-state index in [2.05, 4.69) is 6.58 Å². The summed E-state index contributed by atoms with van der Waals surface area (Å²) in [5.74, 6) is 0.348. The molecule has 0 aromatic heterocycles. The Morgan fingerprint density at radius 1 is 1.05 bits per heavy atom. The zero-order valence-corrected chi connectivity index (χ0v) is 10.7. The van der Waals surface area contributed by atoms with Crippen LogP contribution in [-0.2, 0) is 4.79 Å². The Kier molecular flexibility index (Phi) is 4.51. The highest BCUT2D eigenvalue weighted by Gasteiger charge is 2.05. The highest BCUT2D eigenvalue weighted by molar-refractivity contribution is 5.73. The van der Waals surface area contributed by atoms with E-state index in [4.69, 9.17) is 4.74 Å². The fraction of sp³-hybridized carbons (Fsp3) is 0.118. The van der Waals surface area contributed by atoms with Gasteiger partial charge in [-0.15, -0.1) is 6.58 Å². The number of carbonyl (C=O) groups is 1. The summed E-state index contributed by atoms with van der Waals surface area (Å²) in [6.45, 7) is 3.59. The molecular formula is C17H16O2. The van der Waals surface area contributed by atoms with Crippen LogP contribution in [0, 0.1) is 0 Å². The van der Waals surface area contributed by atoms with Gasteiger partial charge < -0.3 is 4.74 Å². The van der Waals surface area contributed by atoms with Crippen molar-refractivity contribution in [2.24, 2.45) is 0 Å². The van der Waals surface area contributed by atoms with Crippen molar-refractivity contribution in [1.82, 2.24) is 0 Å². The fourth-order valence-corrected chi connectivity index (χ4v) is 1.77. The lowest BCUT2D eigenvalue weighted by molar-refractivity contribution is -0.134. The number of esters is 1. The maximum absolute atomic E-state index is 11.5. The summed E-state index contributed by atoms with van der Waals surface area (Å²) in [7, 11) is 0. The second-order valence-corrected chi connectivity index (χ2v) is 4.20. The Balaban J connectivity index is 2.11. The lowest BCUT2D eigenvalue weighted by atomic mass is 10.1. The van der Waals surface area contributed by atoms with E-state index in [-0.39, 0.29) is 5.97 Å². The van der Waals surface area contributed by atoms with Gasteiger partial charge in [0.25, 0.3) is 0 Å². The van der Waals surface area contributed by atoms with Crippen LogP contribution in [0.5, 0.6) is 5.75 Å². The number of rotatable bonds is 5. The molecule has 0 unspecified atom stereocenters. The molecule has 2 nitrogen and oxygen atoms in total. The maximum Gasteiger partial charge on any atom is 0.311 e. The first-order valence-corrected chi connectivity index (χ1v) is 6.26. The summed E-state index contributed by atoms with van der Waals surface area (Å²) in [6.07, 6.45) is 2.71. The second-order valence-electron chi connectivity index (χ2n) is 4.20. The minimum Gasteiger partial charge on any atom is -0.426 e. The minimum absolute atomic E-state index is 0.231. The van der Waals surface area contributed by atoms with E-state index in [1.165, 1.54) is 0 Å². The van der Waals surface area contributed by atoms with Gasteiger partial charge in [-0.25, -0.2) is 0 Å². The third kappa shape index (κ3) is 3.81. The molecule has 0 saturated carbocycles. The van der Waals surface area contributed by atoms with E-state index in [1.54, 1.807) is 12.1 Å². The van der Waals surface area contributed by atoms with Gasteiger partial charge in [0, 0.05) is 6.42 Å². The number of benzene rings is 2. The third-order valence-corrected chi connectivity index (χ3v) is 2.73. The summed E-state index contributed by atoms with van der Waals surface area (Å²) >= 11 is 0. The second kappa shape index (κ2) is 6.55. The molecule has 96 valence electrons. The number of hydrogen-bond donors (Lipinski definition) is 0. The molecule has 0 atom stereocenters. The van der Waals surface area contributed by atoms with Crippen LogP contribution < -0.4 is 4.74 Å². The number of ether oxygens (including phenoxy) is 1. The quantitative estimate of drug-likeness (QED) is 0.452. The third-order valence-electron chi connectivity index (χ3n) is 2.73. The van der Waals surface area contributed by atoms with Crippen LogP contribution in [0.1, 0.15) is 12.8 Å². The van der Waals surface area contributed by atoms with Crippen LogP contribution in [0.15, 0.2) is 67.3 Å². The molecule has 0 heterocycles. The van der Waals surface area contributed by atoms with Crippen molar-refractivity contribution < 1.29 is 9.53 Å². The molecule has 0 aliphatic rings. The van der Waals surface area contributed by atoms with Crippen LogP contribution in [0.25, 0.3) is 11.1 Å². The molecule has 0 fully saturated rings. The van der Waals surface area contributed by atoms with Gasteiger partial charge in [-0.2, -0.15) is 0 Å². The number of hydrogen-bond acceptors (Lipinski definition) is 2. The summed E-state index contributed by atoms with van der Waals surface area (Å²) in [6, 6.07) is 17.5. The summed E-state index contributed by atoms with van der Waals surface area (Å²) in [5.41, 5.74) is 2.14. The molecule has 0 radical (unpaired) electrons. The minimum atomic E-state index is -0.231. The molecule has 0 spiro atoms. The van der Waals surface area contributed by atoms with Gasteiger partial charge >= 0.3 is 5.97 Å². The van der Waals surface area contributed by atoms with Gasteiger partial charge in [-0.1, -0.05) is 48.5 Å². The zero-order valence-electron chi connectivity index (χ0n) is 10.7. The molecule has 2 rings (SSSR count). The van der Waals surface area contributed by atoms with E-state index >= 15 is 0 Å². The van der Waals surface area contributed by atoms with Crippen molar-refractivity contribution in [2.75, 3.05) is 0 Å². The number of allylic oxidation sites excluding steroid dienone is 1. The van der Waals surface area contributed by atoms with Gasteiger partial charge in [0.1, 0.15) is 5.75 Å². The molecule has 0 aliphatic carbocycles. The number of carbonyl (C=O) groups excluding carboxylic acids is 1. The van der Waals surface area contributed by atoms with Crippen molar-refractivity contribution in [2.45, 2.75) is 12.8 Å². The lowest BCUT2D eigenvalue weighted by Crippen LogP contribution is -2.06. The lowest BCUT2D eigenvalue weighted by Gasteiger charge is -2.06. The van der Waals surface area contributed by atoms with Gasteiger partial charge in [-0.05, 0) is 29.7 Å². The van der Waals surface area contributed by atoms with Crippen LogP contribution >= 0.6 is 0 Å². The van der Waals surface area contributed by atoms with Crippen LogP contribution in [0.3, 0.4) is 0 Å². The first-order chi connectivity index (χ1) is 9.29. The van der Waals surface area contributed by atoms with Crippen LogP contribution in [0.2, 0.25) is 0 Å². The smallest absolute Gasteiger partial charge is 0.311 e. The van der Waals surface area contributed by atoms with Crippen molar-refractivity contribution >= 4 is 5.97 Å². The fourth-order valence-electron chi connectivity index (χ4n) is 1.77. The van der Waals surface area contributed by atoms with Gasteiger partial charge in [-0.3, -0.25) is 4.79 Å².